The van der Waals surface area contributed by atoms with Crippen molar-refractivity contribution in [2.75, 3.05) is 0 Å². The highest BCUT2D eigenvalue weighted by Gasteiger charge is 2.04. The third-order valence-corrected chi connectivity index (χ3v) is 2.20. The van der Waals surface area contributed by atoms with Gasteiger partial charge in [-0.25, -0.2) is 9.97 Å². The quantitative estimate of drug-likeness (QED) is 0.781. The van der Waals surface area contributed by atoms with Crippen molar-refractivity contribution < 1.29 is 0 Å². The van der Waals surface area contributed by atoms with Crippen molar-refractivity contribution in [3.05, 3.63) is 35.2 Å². The Bertz CT molecular complexity index is 468. The molecule has 3 nitrogen and oxygen atoms in total. The summed E-state index contributed by atoms with van der Waals surface area (Å²) >= 11 is 5.84. The fraction of sp³-hybridized carbons (Fsp3) is 0.200. The molecule has 2 rings (SSSR count). The Labute approximate surface area is 86.9 Å². The molecule has 1 aromatic carbocycles. The summed E-state index contributed by atoms with van der Waals surface area (Å²) in [7, 11) is 0. The SMILES string of the molecule is CC(N)c1ncc2cc(Cl)ccc2n1. The molecule has 0 aliphatic heterocycles. The molecule has 0 amide bonds. The molecule has 0 fully saturated rings. The van der Waals surface area contributed by atoms with E-state index in [9.17, 15) is 0 Å². The summed E-state index contributed by atoms with van der Waals surface area (Å²) in [4.78, 5) is 8.47. The van der Waals surface area contributed by atoms with E-state index in [1.807, 2.05) is 25.1 Å². The monoisotopic (exact) mass is 207 g/mol. The minimum absolute atomic E-state index is 0.143. The van der Waals surface area contributed by atoms with Gasteiger partial charge in [-0.3, -0.25) is 0 Å². The van der Waals surface area contributed by atoms with Gasteiger partial charge in [0.1, 0.15) is 5.82 Å². The zero-order chi connectivity index (χ0) is 10.1. The molecule has 1 atom stereocenters. The highest BCUT2D eigenvalue weighted by molar-refractivity contribution is 6.31. The van der Waals surface area contributed by atoms with Crippen molar-refractivity contribution in [3.8, 4) is 0 Å². The molecule has 2 N–H and O–H groups in total. The topological polar surface area (TPSA) is 51.8 Å². The van der Waals surface area contributed by atoms with Crippen LogP contribution in [0.1, 0.15) is 18.8 Å². The van der Waals surface area contributed by atoms with Crippen LogP contribution in [0.5, 0.6) is 0 Å². The summed E-state index contributed by atoms with van der Waals surface area (Å²) in [5.74, 6) is 0.653. The summed E-state index contributed by atoms with van der Waals surface area (Å²) in [6, 6.07) is 5.37. The Hall–Kier alpha value is -1.19. The van der Waals surface area contributed by atoms with Crippen LogP contribution in [0, 0.1) is 0 Å². The number of hydrogen-bond donors (Lipinski definition) is 1. The van der Waals surface area contributed by atoms with Gasteiger partial charge in [-0.1, -0.05) is 11.6 Å². The van der Waals surface area contributed by atoms with Gasteiger partial charge in [0, 0.05) is 16.6 Å². The first-order valence-electron chi connectivity index (χ1n) is 4.34. The average molecular weight is 208 g/mol. The van der Waals surface area contributed by atoms with E-state index in [0.29, 0.717) is 10.8 Å². The fourth-order valence-corrected chi connectivity index (χ4v) is 1.42. The highest BCUT2D eigenvalue weighted by Crippen LogP contribution is 2.17. The molecule has 0 aliphatic carbocycles. The Morgan fingerprint density at radius 1 is 1.43 bits per heavy atom. The Morgan fingerprint density at radius 2 is 2.21 bits per heavy atom. The van der Waals surface area contributed by atoms with Gasteiger partial charge in [-0.05, 0) is 25.1 Å². The van der Waals surface area contributed by atoms with Crippen LogP contribution in [0.2, 0.25) is 5.02 Å². The average Bonchev–Trinajstić information content (AvgIpc) is 2.16. The molecule has 1 aromatic heterocycles. The van der Waals surface area contributed by atoms with Gasteiger partial charge in [0.05, 0.1) is 11.6 Å². The van der Waals surface area contributed by atoms with Gasteiger partial charge in [0.2, 0.25) is 0 Å². The first-order valence-corrected chi connectivity index (χ1v) is 4.72. The van der Waals surface area contributed by atoms with Crippen LogP contribution in [0.25, 0.3) is 10.9 Å². The summed E-state index contributed by atoms with van der Waals surface area (Å²) in [6.45, 7) is 1.86. The number of nitrogens with zero attached hydrogens (tertiary/aromatic N) is 2. The number of nitrogens with two attached hydrogens (primary N) is 1. The van der Waals surface area contributed by atoms with E-state index in [4.69, 9.17) is 17.3 Å². The van der Waals surface area contributed by atoms with Crippen LogP contribution in [0.3, 0.4) is 0 Å². The van der Waals surface area contributed by atoms with Crippen molar-refractivity contribution in [3.63, 3.8) is 0 Å². The van der Waals surface area contributed by atoms with Crippen molar-refractivity contribution in [2.45, 2.75) is 13.0 Å². The van der Waals surface area contributed by atoms with Crippen molar-refractivity contribution in [1.82, 2.24) is 9.97 Å². The van der Waals surface area contributed by atoms with Gasteiger partial charge in [0.25, 0.3) is 0 Å². The largest absolute Gasteiger partial charge is 0.322 e. The van der Waals surface area contributed by atoms with E-state index < -0.39 is 0 Å². The van der Waals surface area contributed by atoms with Crippen LogP contribution in [0.15, 0.2) is 24.4 Å². The summed E-state index contributed by atoms with van der Waals surface area (Å²) in [6.07, 6.45) is 1.74. The van der Waals surface area contributed by atoms with Crippen LogP contribution < -0.4 is 5.73 Å². The van der Waals surface area contributed by atoms with E-state index >= 15 is 0 Å². The molecule has 0 bridgehead atoms. The molecule has 14 heavy (non-hydrogen) atoms. The number of rotatable bonds is 1. The lowest BCUT2D eigenvalue weighted by atomic mass is 10.2. The lowest BCUT2D eigenvalue weighted by Crippen LogP contribution is -2.09. The maximum atomic E-state index is 5.84. The third-order valence-electron chi connectivity index (χ3n) is 1.97. The van der Waals surface area contributed by atoms with Gasteiger partial charge < -0.3 is 5.73 Å². The lowest BCUT2D eigenvalue weighted by molar-refractivity contribution is 0.746. The lowest BCUT2D eigenvalue weighted by Gasteiger charge is -2.04. The zero-order valence-corrected chi connectivity index (χ0v) is 8.49. The van der Waals surface area contributed by atoms with Crippen LogP contribution in [-0.4, -0.2) is 9.97 Å². The fourth-order valence-electron chi connectivity index (χ4n) is 1.24. The van der Waals surface area contributed by atoms with Crippen LogP contribution >= 0.6 is 11.6 Å². The molecule has 0 spiro atoms. The number of aromatic nitrogens is 2. The maximum Gasteiger partial charge on any atom is 0.145 e. The number of hydrogen-bond acceptors (Lipinski definition) is 3. The smallest absolute Gasteiger partial charge is 0.145 e. The van der Waals surface area contributed by atoms with Crippen molar-refractivity contribution in [1.29, 1.82) is 0 Å². The van der Waals surface area contributed by atoms with Crippen molar-refractivity contribution in [2.24, 2.45) is 5.73 Å². The maximum absolute atomic E-state index is 5.84. The number of halogens is 1. The first kappa shape index (κ1) is 9.37. The van der Waals surface area contributed by atoms with E-state index in [-0.39, 0.29) is 6.04 Å². The van der Waals surface area contributed by atoms with Crippen LogP contribution in [-0.2, 0) is 0 Å². The minimum atomic E-state index is -0.143. The Kier molecular flexibility index (Phi) is 2.35. The third kappa shape index (κ3) is 1.69. The van der Waals surface area contributed by atoms with E-state index in [1.54, 1.807) is 6.20 Å². The standard InChI is InChI=1S/C10H10ClN3/c1-6(12)10-13-5-7-4-8(11)2-3-9(7)14-10/h2-6H,12H2,1H3. The van der Waals surface area contributed by atoms with E-state index in [1.165, 1.54) is 0 Å². The summed E-state index contributed by atoms with van der Waals surface area (Å²) in [5, 5.41) is 1.62. The molecule has 1 unspecified atom stereocenters. The molecular formula is C10H10ClN3. The second-order valence-corrected chi connectivity index (χ2v) is 3.66. The second-order valence-electron chi connectivity index (χ2n) is 3.22. The van der Waals surface area contributed by atoms with Crippen molar-refractivity contribution >= 4 is 22.5 Å². The predicted molar refractivity (Wildman–Crippen MR) is 57.2 cm³/mol. The van der Waals surface area contributed by atoms with E-state index in [0.717, 1.165) is 10.9 Å². The van der Waals surface area contributed by atoms with Gasteiger partial charge >= 0.3 is 0 Å². The Morgan fingerprint density at radius 3 is 2.93 bits per heavy atom. The van der Waals surface area contributed by atoms with E-state index in [2.05, 4.69) is 9.97 Å². The second kappa shape index (κ2) is 3.52. The predicted octanol–water partition coefficient (Wildman–Crippen LogP) is 2.30. The molecule has 1 heterocycles. The number of fused-ring (bicyclic) bond motifs is 1. The molecular weight excluding hydrogens is 198 g/mol. The highest BCUT2D eigenvalue weighted by atomic mass is 35.5. The number of benzene rings is 1. The molecule has 0 saturated heterocycles. The molecule has 0 aliphatic rings. The molecule has 72 valence electrons. The Balaban J connectivity index is 2.62. The van der Waals surface area contributed by atoms with Gasteiger partial charge in [0.15, 0.2) is 0 Å². The van der Waals surface area contributed by atoms with Gasteiger partial charge in [-0.15, -0.1) is 0 Å². The first-order chi connectivity index (χ1) is 6.66. The molecule has 4 heteroatoms. The molecule has 2 aromatic rings. The van der Waals surface area contributed by atoms with Gasteiger partial charge in [-0.2, -0.15) is 0 Å². The minimum Gasteiger partial charge on any atom is -0.322 e. The molecule has 0 saturated carbocycles. The zero-order valence-electron chi connectivity index (χ0n) is 7.74. The normalized spacial score (nSPS) is 13.1. The van der Waals surface area contributed by atoms with Crippen LogP contribution in [0.4, 0.5) is 0 Å². The summed E-state index contributed by atoms with van der Waals surface area (Å²) in [5.41, 5.74) is 6.56. The summed E-state index contributed by atoms with van der Waals surface area (Å²) < 4.78 is 0. The molecule has 0 radical (unpaired) electrons.